The summed E-state index contributed by atoms with van der Waals surface area (Å²) in [6.45, 7) is 15.9. The Morgan fingerprint density at radius 2 is 1.79 bits per heavy atom. The number of aliphatic hydroxyl groups excluding tert-OH is 1. The van der Waals surface area contributed by atoms with E-state index in [9.17, 15) is 5.11 Å². The lowest BCUT2D eigenvalue weighted by molar-refractivity contribution is 0.0963. The summed E-state index contributed by atoms with van der Waals surface area (Å²) in [5, 5.41) is 14.4. The first-order valence-corrected chi connectivity index (χ1v) is 11.1. The van der Waals surface area contributed by atoms with Crippen LogP contribution in [0.3, 0.4) is 0 Å². The fourth-order valence-corrected chi connectivity index (χ4v) is 4.93. The Labute approximate surface area is 172 Å². The van der Waals surface area contributed by atoms with Gasteiger partial charge in [-0.3, -0.25) is 0 Å². The highest BCUT2D eigenvalue weighted by atomic mass is 31.1. The second-order valence-corrected chi connectivity index (χ2v) is 10.7. The molecule has 0 aliphatic carbocycles. The third kappa shape index (κ3) is 5.80. The molecule has 2 N–H and O–H groups in total. The van der Waals surface area contributed by atoms with Gasteiger partial charge in [-0.15, -0.1) is 0 Å². The Hall–Kier alpha value is -1.41. The van der Waals surface area contributed by atoms with E-state index in [1.165, 1.54) is 22.0 Å². The molecule has 2 aromatic rings. The Balaban J connectivity index is 2.43. The predicted molar refractivity (Wildman–Crippen MR) is 122 cm³/mol. The minimum atomic E-state index is -0.300. The minimum Gasteiger partial charge on any atom is -0.467 e. The van der Waals surface area contributed by atoms with E-state index in [0.29, 0.717) is 8.58 Å². The van der Waals surface area contributed by atoms with Crippen LogP contribution in [0.5, 0.6) is 5.75 Å². The molecule has 154 valence electrons. The first kappa shape index (κ1) is 22.9. The van der Waals surface area contributed by atoms with E-state index in [-0.39, 0.29) is 17.5 Å². The zero-order valence-corrected chi connectivity index (χ0v) is 19.4. The van der Waals surface area contributed by atoms with Crippen molar-refractivity contribution in [2.75, 3.05) is 6.79 Å². The Morgan fingerprint density at radius 1 is 1.07 bits per heavy atom. The number of aliphatic hydroxyl groups is 1. The van der Waals surface area contributed by atoms with Gasteiger partial charge in [0.15, 0.2) is 6.79 Å². The van der Waals surface area contributed by atoms with Crippen molar-refractivity contribution >= 4 is 13.9 Å². The number of nitrogens with one attached hydrogen (secondary N) is 1. The molecule has 0 radical (unpaired) electrons. The van der Waals surface area contributed by atoms with Crippen LogP contribution in [0.4, 0.5) is 0 Å². The van der Waals surface area contributed by atoms with Crippen LogP contribution in [0, 0.1) is 13.8 Å². The number of hydrogen-bond acceptors (Lipinski definition) is 3. The maximum atomic E-state index is 9.39. The van der Waals surface area contributed by atoms with Crippen molar-refractivity contribution in [2.45, 2.75) is 72.1 Å². The molecule has 0 aliphatic rings. The van der Waals surface area contributed by atoms with E-state index in [0.717, 1.165) is 24.3 Å². The molecule has 0 aromatic heterocycles. The number of para-hydroxylation sites is 1. The summed E-state index contributed by atoms with van der Waals surface area (Å²) in [5.74, 6) is 0.823. The van der Waals surface area contributed by atoms with Gasteiger partial charge in [0.2, 0.25) is 0 Å². The van der Waals surface area contributed by atoms with E-state index in [1.54, 1.807) is 0 Å². The number of rotatable bonds is 8. The smallest absolute Gasteiger partial charge is 0.186 e. The van der Waals surface area contributed by atoms with Crippen molar-refractivity contribution in [3.8, 4) is 5.75 Å². The lowest BCUT2D eigenvalue weighted by Gasteiger charge is -2.32. The van der Waals surface area contributed by atoms with Gasteiger partial charge in [-0.25, -0.2) is 0 Å². The van der Waals surface area contributed by atoms with E-state index in [2.05, 4.69) is 77.2 Å². The Bertz CT molecular complexity index is 798. The molecule has 0 heterocycles. The van der Waals surface area contributed by atoms with E-state index < -0.39 is 0 Å². The molecule has 28 heavy (non-hydrogen) atoms. The third-order valence-corrected chi connectivity index (χ3v) is 7.13. The largest absolute Gasteiger partial charge is 0.467 e. The molecule has 2 rings (SSSR count). The average Bonchev–Trinajstić information content (AvgIpc) is 2.63. The van der Waals surface area contributed by atoms with Gasteiger partial charge in [0.05, 0.1) is 0 Å². The summed E-state index contributed by atoms with van der Waals surface area (Å²) in [7, 11) is 0.610. The van der Waals surface area contributed by atoms with Crippen molar-refractivity contribution in [3.05, 3.63) is 58.7 Å². The van der Waals surface area contributed by atoms with Crippen LogP contribution < -0.4 is 15.4 Å². The molecule has 2 aromatic carbocycles. The van der Waals surface area contributed by atoms with E-state index in [1.807, 2.05) is 13.0 Å². The summed E-state index contributed by atoms with van der Waals surface area (Å²) in [5.41, 5.74) is 4.98. The summed E-state index contributed by atoms with van der Waals surface area (Å²) >= 11 is 0. The van der Waals surface area contributed by atoms with Gasteiger partial charge in [-0.05, 0) is 57.5 Å². The molecular weight excluding hydrogens is 365 g/mol. The monoisotopic (exact) mass is 401 g/mol. The molecule has 2 atom stereocenters. The maximum absolute atomic E-state index is 9.39. The predicted octanol–water partition coefficient (Wildman–Crippen LogP) is 5.15. The number of hydrogen-bond donors (Lipinski definition) is 2. The van der Waals surface area contributed by atoms with Gasteiger partial charge < -0.3 is 15.2 Å². The quantitative estimate of drug-likeness (QED) is 0.475. The van der Waals surface area contributed by atoms with Gasteiger partial charge in [-0.2, -0.15) is 0 Å². The van der Waals surface area contributed by atoms with Crippen molar-refractivity contribution in [1.82, 2.24) is 5.32 Å². The fraction of sp³-hybridized carbons (Fsp3) is 0.500. The highest BCUT2D eigenvalue weighted by molar-refractivity contribution is 7.48. The summed E-state index contributed by atoms with van der Waals surface area (Å²) in [6.07, 6.45) is 0.997. The highest BCUT2D eigenvalue weighted by Gasteiger charge is 2.30. The van der Waals surface area contributed by atoms with Crippen molar-refractivity contribution in [3.63, 3.8) is 0 Å². The number of benzene rings is 2. The van der Waals surface area contributed by atoms with Gasteiger partial charge in [0, 0.05) is 22.8 Å². The molecule has 0 saturated heterocycles. The van der Waals surface area contributed by atoms with E-state index in [4.69, 9.17) is 4.74 Å². The Kier molecular flexibility index (Phi) is 7.67. The summed E-state index contributed by atoms with van der Waals surface area (Å²) in [4.78, 5) is 0. The molecule has 4 heteroatoms. The standard InChI is InChI=1S/C24H36NO2P/c1-8-24(7,20-11-9-10-18(3)22(20)27-16-26)28-21-13-12-17(2)14-19(21)15-25-23(4,5)6/h9-14,25-26,28H,8,15-16H2,1-7H3. The molecule has 0 bridgehead atoms. The first-order valence-electron chi connectivity index (χ1n) is 10.1. The molecular formula is C24H36NO2P. The first-order chi connectivity index (χ1) is 13.1. The molecule has 0 amide bonds. The van der Waals surface area contributed by atoms with Crippen molar-refractivity contribution in [1.29, 1.82) is 0 Å². The zero-order chi connectivity index (χ0) is 20.9. The minimum absolute atomic E-state index is 0.0533. The van der Waals surface area contributed by atoms with Crippen LogP contribution in [-0.2, 0) is 11.7 Å². The number of aryl methyl sites for hydroxylation is 2. The highest BCUT2D eigenvalue weighted by Crippen LogP contribution is 2.48. The molecule has 0 fully saturated rings. The van der Waals surface area contributed by atoms with E-state index >= 15 is 0 Å². The normalized spacial score (nSPS) is 14.4. The van der Waals surface area contributed by atoms with Gasteiger partial charge >= 0.3 is 0 Å². The topological polar surface area (TPSA) is 41.5 Å². The van der Waals surface area contributed by atoms with Crippen molar-refractivity contribution in [2.24, 2.45) is 0 Å². The number of ether oxygens (including phenoxy) is 1. The van der Waals surface area contributed by atoms with Crippen LogP contribution in [0.2, 0.25) is 0 Å². The van der Waals surface area contributed by atoms with Crippen LogP contribution in [0.15, 0.2) is 36.4 Å². The molecule has 0 aliphatic heterocycles. The maximum Gasteiger partial charge on any atom is 0.186 e. The molecule has 0 saturated carbocycles. The van der Waals surface area contributed by atoms with Crippen molar-refractivity contribution < 1.29 is 9.84 Å². The molecule has 2 unspecified atom stereocenters. The molecule has 3 nitrogen and oxygen atoms in total. The summed E-state index contributed by atoms with van der Waals surface area (Å²) < 4.78 is 5.64. The van der Waals surface area contributed by atoms with Gasteiger partial charge in [0.1, 0.15) is 5.75 Å². The lowest BCUT2D eigenvalue weighted by atomic mass is 9.94. The fourth-order valence-electron chi connectivity index (χ4n) is 3.34. The average molecular weight is 402 g/mol. The lowest BCUT2D eigenvalue weighted by Crippen LogP contribution is -2.36. The SMILES string of the molecule is CCC(C)(Pc1ccc(C)cc1CNC(C)(C)C)c1cccc(C)c1OCO. The molecule has 0 spiro atoms. The third-order valence-electron chi connectivity index (χ3n) is 5.20. The van der Waals surface area contributed by atoms with Crippen LogP contribution in [0.25, 0.3) is 0 Å². The second-order valence-electron chi connectivity index (χ2n) is 8.80. The van der Waals surface area contributed by atoms with Gasteiger partial charge in [-0.1, -0.05) is 64.4 Å². The van der Waals surface area contributed by atoms with Crippen LogP contribution in [0.1, 0.15) is 63.3 Å². The van der Waals surface area contributed by atoms with Gasteiger partial charge in [0.25, 0.3) is 0 Å². The second kappa shape index (κ2) is 9.39. The van der Waals surface area contributed by atoms with Crippen LogP contribution >= 0.6 is 8.58 Å². The van der Waals surface area contributed by atoms with Crippen LogP contribution in [-0.4, -0.2) is 17.4 Å². The zero-order valence-electron chi connectivity index (χ0n) is 18.4. The summed E-state index contributed by atoms with van der Waals surface area (Å²) in [6, 6.07) is 13.1. The Morgan fingerprint density at radius 3 is 2.39 bits per heavy atom.